The smallest absolute Gasteiger partial charge is 0.270 e. The molecule has 1 aliphatic heterocycles. The maximum atomic E-state index is 11.9. The lowest BCUT2D eigenvalue weighted by Gasteiger charge is -2.10. The number of amides is 1. The number of hydrogen-bond acceptors (Lipinski definition) is 8. The molecular weight excluding hydrogens is 444 g/mol. The van der Waals surface area contributed by atoms with Crippen molar-refractivity contribution >= 4 is 52.1 Å². The van der Waals surface area contributed by atoms with Gasteiger partial charge >= 0.3 is 0 Å². The first-order valence-electron chi connectivity index (χ1n) is 9.06. The van der Waals surface area contributed by atoms with E-state index in [4.69, 9.17) is 16.3 Å². The van der Waals surface area contributed by atoms with Crippen LogP contribution in [0.3, 0.4) is 0 Å². The van der Waals surface area contributed by atoms with Gasteiger partial charge < -0.3 is 10.1 Å². The van der Waals surface area contributed by atoms with Crippen LogP contribution in [0.5, 0.6) is 5.75 Å². The maximum Gasteiger partial charge on any atom is 0.270 e. The predicted molar refractivity (Wildman–Crippen MR) is 119 cm³/mol. The molecule has 31 heavy (non-hydrogen) atoms. The van der Waals surface area contributed by atoms with Crippen molar-refractivity contribution in [2.75, 3.05) is 0 Å². The molecule has 0 saturated carbocycles. The number of nitro groups is 1. The highest BCUT2D eigenvalue weighted by molar-refractivity contribution is 8.15. The predicted octanol–water partition coefficient (Wildman–Crippen LogP) is 3.73. The molecule has 160 valence electrons. The first-order chi connectivity index (χ1) is 14.8. The number of carbonyl (C=O) groups excluding carboxylic acids is 2. The molecule has 2 aromatic carbocycles. The minimum Gasteiger partial charge on any atom is -0.488 e. The second-order valence-electron chi connectivity index (χ2n) is 6.51. The molecule has 1 unspecified atom stereocenters. The molecule has 0 spiro atoms. The number of non-ortho nitro benzene ring substituents is 1. The molecule has 1 heterocycles. The minimum absolute atomic E-state index is 0.101. The van der Waals surface area contributed by atoms with Crippen LogP contribution in [-0.2, 0) is 16.2 Å². The third-order valence-electron chi connectivity index (χ3n) is 4.14. The molecule has 1 N–H and O–H groups in total. The SMILES string of the molecule is CC(=O)CC1S/C(=N/N=C/c2cc([N+](=O)[O-])ccc2OCc2ccccc2Cl)NC1=O. The number of carbonyl (C=O) groups is 2. The number of nitrogens with one attached hydrogen (secondary N) is 1. The van der Waals surface area contributed by atoms with Crippen molar-refractivity contribution in [1.29, 1.82) is 0 Å². The molecule has 1 aliphatic rings. The molecule has 3 rings (SSSR count). The summed E-state index contributed by atoms with van der Waals surface area (Å²) in [5.41, 5.74) is 0.955. The van der Waals surface area contributed by atoms with Crippen molar-refractivity contribution in [3.05, 3.63) is 68.7 Å². The molecule has 1 atom stereocenters. The zero-order valence-electron chi connectivity index (χ0n) is 16.3. The normalized spacial score (nSPS) is 17.2. The number of Topliss-reactive ketones (excluding diaryl/α,β-unsaturated/α-hetero) is 1. The van der Waals surface area contributed by atoms with Crippen molar-refractivity contribution in [2.45, 2.75) is 25.2 Å². The Balaban J connectivity index is 1.77. The molecule has 0 aliphatic carbocycles. The fourth-order valence-corrected chi connectivity index (χ4v) is 3.84. The third kappa shape index (κ3) is 6.12. The molecule has 0 bridgehead atoms. The van der Waals surface area contributed by atoms with Crippen molar-refractivity contribution in [3.8, 4) is 5.75 Å². The standard InChI is InChI=1S/C20H17ClN4O5S/c1-12(26)8-18-19(27)23-20(31-18)24-22-10-14-9-15(25(28)29)6-7-17(14)30-11-13-4-2-3-5-16(13)21/h2-7,9-10,18H,8,11H2,1H3,(H,23,24,27)/b22-10+. The van der Waals surface area contributed by atoms with E-state index in [1.54, 1.807) is 12.1 Å². The van der Waals surface area contributed by atoms with Crippen LogP contribution in [0.1, 0.15) is 24.5 Å². The van der Waals surface area contributed by atoms with Gasteiger partial charge in [0.05, 0.1) is 16.4 Å². The zero-order valence-corrected chi connectivity index (χ0v) is 17.9. The summed E-state index contributed by atoms with van der Waals surface area (Å²) in [6.07, 6.45) is 1.40. The largest absolute Gasteiger partial charge is 0.488 e. The Morgan fingerprint density at radius 1 is 1.35 bits per heavy atom. The van der Waals surface area contributed by atoms with Crippen LogP contribution in [-0.4, -0.2) is 33.2 Å². The highest BCUT2D eigenvalue weighted by Gasteiger charge is 2.31. The number of ketones is 1. The van der Waals surface area contributed by atoms with E-state index in [1.165, 1.54) is 31.3 Å². The van der Waals surface area contributed by atoms with E-state index in [1.807, 2.05) is 12.1 Å². The topological polar surface area (TPSA) is 123 Å². The van der Waals surface area contributed by atoms with Crippen LogP contribution in [0.25, 0.3) is 0 Å². The lowest BCUT2D eigenvalue weighted by molar-refractivity contribution is -0.384. The van der Waals surface area contributed by atoms with Crippen LogP contribution < -0.4 is 10.1 Å². The Morgan fingerprint density at radius 3 is 2.84 bits per heavy atom. The number of ether oxygens (including phenoxy) is 1. The number of hydrogen-bond donors (Lipinski definition) is 1. The van der Waals surface area contributed by atoms with Crippen LogP contribution in [0, 0.1) is 10.1 Å². The van der Waals surface area contributed by atoms with Crippen LogP contribution in [0.4, 0.5) is 5.69 Å². The van der Waals surface area contributed by atoms with Gasteiger partial charge in [-0.25, -0.2) is 0 Å². The van der Waals surface area contributed by atoms with Crippen LogP contribution in [0.2, 0.25) is 5.02 Å². The van der Waals surface area contributed by atoms with Gasteiger partial charge in [-0.1, -0.05) is 41.6 Å². The number of benzene rings is 2. The van der Waals surface area contributed by atoms with Crippen LogP contribution >= 0.6 is 23.4 Å². The Bertz CT molecular complexity index is 1090. The minimum atomic E-state index is -0.543. The van der Waals surface area contributed by atoms with E-state index in [0.29, 0.717) is 16.3 Å². The summed E-state index contributed by atoms with van der Waals surface area (Å²) in [5.74, 6) is -0.0606. The summed E-state index contributed by atoms with van der Waals surface area (Å²) < 4.78 is 5.78. The molecule has 2 aromatic rings. The third-order valence-corrected chi connectivity index (χ3v) is 5.58. The monoisotopic (exact) mass is 460 g/mol. The number of thioether (sulfide) groups is 1. The van der Waals surface area contributed by atoms with Gasteiger partial charge in [0.15, 0.2) is 5.17 Å². The first-order valence-corrected chi connectivity index (χ1v) is 10.3. The number of nitro benzene ring substituents is 1. The van der Waals surface area contributed by atoms with Gasteiger partial charge in [-0.2, -0.15) is 5.10 Å². The van der Waals surface area contributed by atoms with Gasteiger partial charge in [-0.05, 0) is 19.1 Å². The van der Waals surface area contributed by atoms with Crippen LogP contribution in [0.15, 0.2) is 52.7 Å². The molecule has 1 amide bonds. The zero-order chi connectivity index (χ0) is 22.4. The summed E-state index contributed by atoms with van der Waals surface area (Å²) in [5, 5.41) is 21.8. The lowest BCUT2D eigenvalue weighted by Crippen LogP contribution is -2.25. The van der Waals surface area contributed by atoms with Gasteiger partial charge in [0.2, 0.25) is 5.91 Å². The average Bonchev–Trinajstić information content (AvgIpc) is 3.06. The van der Waals surface area contributed by atoms with E-state index < -0.39 is 10.2 Å². The van der Waals surface area contributed by atoms with E-state index in [9.17, 15) is 19.7 Å². The van der Waals surface area contributed by atoms with Crippen molar-refractivity contribution < 1.29 is 19.2 Å². The van der Waals surface area contributed by atoms with Gasteiger partial charge in [-0.3, -0.25) is 19.7 Å². The Kier molecular flexibility index (Phi) is 7.37. The van der Waals surface area contributed by atoms with Crippen molar-refractivity contribution in [2.24, 2.45) is 10.2 Å². The molecule has 9 nitrogen and oxygen atoms in total. The Hall–Kier alpha value is -3.24. The summed E-state index contributed by atoms with van der Waals surface area (Å²) in [7, 11) is 0. The quantitative estimate of drug-likeness (QED) is 0.363. The molecule has 0 aromatic heterocycles. The van der Waals surface area contributed by atoms with Gasteiger partial charge in [0.25, 0.3) is 5.69 Å². The van der Waals surface area contributed by atoms with E-state index >= 15 is 0 Å². The lowest BCUT2D eigenvalue weighted by atomic mass is 10.2. The van der Waals surface area contributed by atoms with Crippen molar-refractivity contribution in [3.63, 3.8) is 0 Å². The summed E-state index contributed by atoms with van der Waals surface area (Å²) in [6, 6.07) is 11.3. The molecular formula is C20H17ClN4O5S. The van der Waals surface area contributed by atoms with Crippen molar-refractivity contribution in [1.82, 2.24) is 5.32 Å². The second kappa shape index (κ2) is 10.2. The maximum absolute atomic E-state index is 11.9. The Morgan fingerprint density at radius 2 is 2.13 bits per heavy atom. The summed E-state index contributed by atoms with van der Waals surface area (Å²) in [6.45, 7) is 1.57. The second-order valence-corrected chi connectivity index (χ2v) is 8.11. The van der Waals surface area contributed by atoms with Gasteiger partial charge in [0.1, 0.15) is 18.1 Å². The van der Waals surface area contributed by atoms with E-state index in [-0.39, 0.29) is 35.6 Å². The first kappa shape index (κ1) is 22.4. The number of nitrogens with zero attached hydrogens (tertiary/aromatic N) is 3. The Labute approximate surface area is 186 Å². The molecule has 1 saturated heterocycles. The fraction of sp³-hybridized carbons (Fsp3) is 0.200. The van der Waals surface area contributed by atoms with Gasteiger partial charge in [0, 0.05) is 34.7 Å². The highest BCUT2D eigenvalue weighted by atomic mass is 35.5. The van der Waals surface area contributed by atoms with E-state index in [0.717, 1.165) is 17.3 Å². The summed E-state index contributed by atoms with van der Waals surface area (Å²) in [4.78, 5) is 33.7. The summed E-state index contributed by atoms with van der Waals surface area (Å²) >= 11 is 7.24. The molecule has 0 radical (unpaired) electrons. The van der Waals surface area contributed by atoms with Gasteiger partial charge in [-0.15, -0.1) is 5.10 Å². The number of halogens is 1. The molecule has 11 heteroatoms. The fourth-order valence-electron chi connectivity index (χ4n) is 2.64. The number of amidine groups is 1. The average molecular weight is 461 g/mol. The molecule has 1 fully saturated rings. The number of rotatable bonds is 8. The van der Waals surface area contributed by atoms with E-state index in [2.05, 4.69) is 15.5 Å². The highest BCUT2D eigenvalue weighted by Crippen LogP contribution is 2.26.